The first-order valence-electron chi connectivity index (χ1n) is 13.3. The Balaban J connectivity index is 2.12. The van der Waals surface area contributed by atoms with Crippen LogP contribution in [0.15, 0.2) is 58.5 Å². The van der Waals surface area contributed by atoms with Gasteiger partial charge in [-0.05, 0) is 58.1 Å². The van der Waals surface area contributed by atoms with Gasteiger partial charge < -0.3 is 9.84 Å². The van der Waals surface area contributed by atoms with Crippen molar-refractivity contribution < 1.29 is 9.84 Å². The van der Waals surface area contributed by atoms with Crippen molar-refractivity contribution in [2.24, 2.45) is 9.98 Å². The summed E-state index contributed by atoms with van der Waals surface area (Å²) in [4.78, 5) is 9.81. The van der Waals surface area contributed by atoms with Crippen molar-refractivity contribution in [3.8, 4) is 11.5 Å². The second kappa shape index (κ2) is 12.2. The quantitative estimate of drug-likeness (QED) is 0.299. The average Bonchev–Trinajstić information content (AvgIpc) is 2.86. The van der Waals surface area contributed by atoms with E-state index in [1.54, 1.807) is 19.5 Å². The maximum atomic E-state index is 11.2. The lowest BCUT2D eigenvalue weighted by atomic mass is 9.93. The fourth-order valence-electron chi connectivity index (χ4n) is 4.56. The molecular weight excluding hydrogens is 456 g/mol. The highest BCUT2D eigenvalue weighted by Gasteiger charge is 2.15. The number of rotatable bonds is 9. The Morgan fingerprint density at radius 1 is 0.622 bits per heavy atom. The first-order chi connectivity index (χ1) is 17.5. The van der Waals surface area contributed by atoms with Crippen LogP contribution in [-0.2, 0) is 0 Å². The summed E-state index contributed by atoms with van der Waals surface area (Å²) in [6, 6.07) is 16.3. The van der Waals surface area contributed by atoms with Crippen LogP contribution in [0.4, 0.5) is 11.4 Å². The van der Waals surface area contributed by atoms with Crippen molar-refractivity contribution in [2.45, 2.75) is 79.1 Å². The molecule has 0 atom stereocenters. The largest absolute Gasteiger partial charge is 0.507 e. The molecule has 4 nitrogen and oxygen atoms in total. The molecule has 0 aliphatic carbocycles. The fraction of sp³-hybridized carbons (Fsp3) is 0.394. The molecule has 3 rings (SSSR count). The molecule has 0 unspecified atom stereocenters. The standard InChI is InChI=1S/C33H42N2O2/c1-20(2)27-12-10-13-28(21(3)4)31(27)34-18-24-16-26(37-9)17-25(33(24)36)19-35-32-29(22(5)6)14-11-15-30(32)23(7)8/h10-23,36H,1-9H3. The number of methoxy groups -OCH3 is 1. The number of phenols is 1. The van der Waals surface area contributed by atoms with Crippen LogP contribution in [-0.4, -0.2) is 24.6 Å². The van der Waals surface area contributed by atoms with E-state index in [0.29, 0.717) is 40.5 Å². The van der Waals surface area contributed by atoms with Crippen LogP contribution in [0.2, 0.25) is 0 Å². The molecule has 0 saturated carbocycles. The Morgan fingerprint density at radius 3 is 1.22 bits per heavy atom. The number of para-hydroxylation sites is 2. The van der Waals surface area contributed by atoms with Crippen molar-refractivity contribution in [1.82, 2.24) is 0 Å². The smallest absolute Gasteiger partial charge is 0.133 e. The zero-order valence-electron chi connectivity index (χ0n) is 23.8. The third-order valence-electron chi connectivity index (χ3n) is 6.73. The van der Waals surface area contributed by atoms with Gasteiger partial charge in [0.2, 0.25) is 0 Å². The Morgan fingerprint density at radius 2 is 0.946 bits per heavy atom. The van der Waals surface area contributed by atoms with Crippen LogP contribution in [0.1, 0.15) is 112 Å². The Kier molecular flexibility index (Phi) is 9.31. The Bertz CT molecular complexity index is 1140. The zero-order chi connectivity index (χ0) is 27.3. The Labute approximate surface area is 223 Å². The number of hydrogen-bond acceptors (Lipinski definition) is 4. The molecule has 0 amide bonds. The number of nitrogens with zero attached hydrogens (tertiary/aromatic N) is 2. The summed E-state index contributed by atoms with van der Waals surface area (Å²) in [5.74, 6) is 2.12. The van der Waals surface area contributed by atoms with Crippen molar-refractivity contribution in [2.75, 3.05) is 7.11 Å². The van der Waals surface area contributed by atoms with Gasteiger partial charge in [0.1, 0.15) is 11.5 Å². The summed E-state index contributed by atoms with van der Waals surface area (Å²) in [6.45, 7) is 17.4. The SMILES string of the molecule is COc1cc(C=Nc2c(C(C)C)cccc2C(C)C)c(O)c(C=Nc2c(C(C)C)cccc2C(C)C)c1. The van der Waals surface area contributed by atoms with Gasteiger partial charge in [0.05, 0.1) is 18.5 Å². The molecule has 0 aliphatic heterocycles. The minimum atomic E-state index is 0.134. The maximum absolute atomic E-state index is 11.2. The van der Waals surface area contributed by atoms with Gasteiger partial charge in [-0.15, -0.1) is 0 Å². The van der Waals surface area contributed by atoms with Gasteiger partial charge in [0.15, 0.2) is 0 Å². The second-order valence-corrected chi connectivity index (χ2v) is 10.9. The van der Waals surface area contributed by atoms with Crippen LogP contribution in [0.3, 0.4) is 0 Å². The van der Waals surface area contributed by atoms with Gasteiger partial charge in [0, 0.05) is 23.6 Å². The molecule has 196 valence electrons. The molecule has 0 spiro atoms. The van der Waals surface area contributed by atoms with Gasteiger partial charge in [0.25, 0.3) is 0 Å². The third-order valence-corrected chi connectivity index (χ3v) is 6.73. The number of aliphatic imine (C=N–C) groups is 2. The topological polar surface area (TPSA) is 54.2 Å². The molecule has 3 aromatic carbocycles. The van der Waals surface area contributed by atoms with Crippen LogP contribution in [0.25, 0.3) is 0 Å². The van der Waals surface area contributed by atoms with E-state index in [2.05, 4.69) is 91.8 Å². The molecule has 0 saturated heterocycles. The number of ether oxygens (including phenoxy) is 1. The van der Waals surface area contributed by atoms with Gasteiger partial charge in [-0.3, -0.25) is 9.98 Å². The van der Waals surface area contributed by atoms with E-state index in [-0.39, 0.29) is 5.75 Å². The summed E-state index contributed by atoms with van der Waals surface area (Å²) in [5, 5.41) is 11.2. The molecule has 3 aromatic rings. The molecule has 4 heteroatoms. The molecule has 0 aliphatic rings. The van der Waals surface area contributed by atoms with Gasteiger partial charge in [-0.25, -0.2) is 0 Å². The van der Waals surface area contributed by atoms with E-state index in [4.69, 9.17) is 14.7 Å². The van der Waals surface area contributed by atoms with Crippen molar-refractivity contribution in [3.63, 3.8) is 0 Å². The van der Waals surface area contributed by atoms with Gasteiger partial charge >= 0.3 is 0 Å². The predicted molar refractivity (Wildman–Crippen MR) is 158 cm³/mol. The number of phenolic OH excluding ortho intramolecular Hbond substituents is 1. The number of hydrogen-bond donors (Lipinski definition) is 1. The van der Waals surface area contributed by atoms with E-state index in [1.165, 1.54) is 22.3 Å². The molecule has 1 N–H and O–H groups in total. The summed E-state index contributed by atoms with van der Waals surface area (Å²) in [5.41, 5.74) is 7.90. The maximum Gasteiger partial charge on any atom is 0.133 e. The average molecular weight is 499 g/mol. The number of aromatic hydroxyl groups is 1. The third kappa shape index (κ3) is 6.49. The van der Waals surface area contributed by atoms with E-state index in [9.17, 15) is 5.11 Å². The monoisotopic (exact) mass is 498 g/mol. The zero-order valence-corrected chi connectivity index (χ0v) is 23.8. The fourth-order valence-corrected chi connectivity index (χ4v) is 4.56. The molecule has 0 heterocycles. The highest BCUT2D eigenvalue weighted by molar-refractivity contribution is 5.94. The lowest BCUT2D eigenvalue weighted by Gasteiger charge is -2.17. The van der Waals surface area contributed by atoms with E-state index in [0.717, 1.165) is 11.4 Å². The van der Waals surface area contributed by atoms with Crippen LogP contribution in [0, 0.1) is 0 Å². The van der Waals surface area contributed by atoms with E-state index >= 15 is 0 Å². The molecule has 0 radical (unpaired) electrons. The lowest BCUT2D eigenvalue weighted by Crippen LogP contribution is -1.97. The first-order valence-corrected chi connectivity index (χ1v) is 13.3. The van der Waals surface area contributed by atoms with E-state index < -0.39 is 0 Å². The predicted octanol–water partition coefficient (Wildman–Crippen LogP) is 9.40. The molecule has 0 fully saturated rings. The first kappa shape index (κ1) is 28.2. The van der Waals surface area contributed by atoms with Crippen LogP contribution >= 0.6 is 0 Å². The van der Waals surface area contributed by atoms with Gasteiger partial charge in [-0.2, -0.15) is 0 Å². The summed E-state index contributed by atoms with van der Waals surface area (Å²) in [6.07, 6.45) is 3.48. The lowest BCUT2D eigenvalue weighted by molar-refractivity contribution is 0.412. The molecule has 0 aromatic heterocycles. The highest BCUT2D eigenvalue weighted by atomic mass is 16.5. The molecule has 37 heavy (non-hydrogen) atoms. The van der Waals surface area contributed by atoms with Crippen molar-refractivity contribution in [3.05, 3.63) is 81.9 Å². The van der Waals surface area contributed by atoms with E-state index in [1.807, 2.05) is 12.1 Å². The minimum absolute atomic E-state index is 0.134. The number of benzene rings is 3. The molecular formula is C33H42N2O2. The van der Waals surface area contributed by atoms with Crippen LogP contribution < -0.4 is 4.74 Å². The minimum Gasteiger partial charge on any atom is -0.507 e. The summed E-state index contributed by atoms with van der Waals surface area (Å²) >= 11 is 0. The normalized spacial score (nSPS) is 12.2. The highest BCUT2D eigenvalue weighted by Crippen LogP contribution is 2.37. The second-order valence-electron chi connectivity index (χ2n) is 10.9. The summed E-state index contributed by atoms with van der Waals surface area (Å²) < 4.78 is 5.57. The summed E-state index contributed by atoms with van der Waals surface area (Å²) in [7, 11) is 1.63. The van der Waals surface area contributed by atoms with Crippen molar-refractivity contribution >= 4 is 23.8 Å². The van der Waals surface area contributed by atoms with Crippen LogP contribution in [0.5, 0.6) is 11.5 Å². The molecule has 0 bridgehead atoms. The Hall–Kier alpha value is -3.40. The van der Waals surface area contributed by atoms with Crippen molar-refractivity contribution in [1.29, 1.82) is 0 Å². The van der Waals surface area contributed by atoms with Gasteiger partial charge in [-0.1, -0.05) is 91.8 Å².